The number of carbonyl (C=O) groups excluding carboxylic acids is 2. The summed E-state index contributed by atoms with van der Waals surface area (Å²) in [6, 6.07) is 7.36. The van der Waals surface area contributed by atoms with Crippen molar-refractivity contribution in [3.05, 3.63) is 44.6 Å². The summed E-state index contributed by atoms with van der Waals surface area (Å²) in [5.41, 5.74) is 1.34. The third-order valence-electron chi connectivity index (χ3n) is 5.99. The first-order valence-corrected chi connectivity index (χ1v) is 13.9. The minimum atomic E-state index is -3.88. The maximum atomic E-state index is 13.7. The standard InChI is InChI=1S/C22H26BrN3O4S2/c1-2-20(27)26-9-7-15-11-17(23)12-19(21(15)26)32(29,30)25-8-3-5-16(14-25)22(28)24-13-18-6-4-10-31-18/h4,6,10-12,16H,2-3,5,7-9,13-14H2,1H3,(H,24,28). The van der Waals surface area contributed by atoms with Crippen LogP contribution in [-0.4, -0.2) is 44.2 Å². The summed E-state index contributed by atoms with van der Waals surface area (Å²) < 4.78 is 29.5. The molecule has 7 nitrogen and oxygen atoms in total. The molecule has 0 bridgehead atoms. The molecule has 0 aliphatic carbocycles. The highest BCUT2D eigenvalue weighted by molar-refractivity contribution is 9.10. The Balaban J connectivity index is 1.57. The first kappa shape index (κ1) is 23.4. The average molecular weight is 541 g/mol. The largest absolute Gasteiger partial charge is 0.351 e. The summed E-state index contributed by atoms with van der Waals surface area (Å²) in [6.07, 6.45) is 2.20. The van der Waals surface area contributed by atoms with E-state index in [0.717, 1.165) is 10.4 Å². The van der Waals surface area contributed by atoms with E-state index in [0.29, 0.717) is 55.5 Å². The molecule has 10 heteroatoms. The van der Waals surface area contributed by atoms with E-state index in [4.69, 9.17) is 0 Å². The highest BCUT2D eigenvalue weighted by Gasteiger charge is 2.38. The zero-order valence-electron chi connectivity index (χ0n) is 17.8. The predicted octanol–water partition coefficient (Wildman–Crippen LogP) is 3.53. The van der Waals surface area contributed by atoms with Gasteiger partial charge in [-0.1, -0.05) is 28.9 Å². The van der Waals surface area contributed by atoms with Gasteiger partial charge in [0.05, 0.1) is 18.2 Å². The smallest absolute Gasteiger partial charge is 0.245 e. The molecule has 1 fully saturated rings. The Hall–Kier alpha value is -1.75. The molecule has 1 unspecified atom stereocenters. The van der Waals surface area contributed by atoms with E-state index in [1.165, 1.54) is 4.31 Å². The van der Waals surface area contributed by atoms with Gasteiger partial charge in [-0.15, -0.1) is 11.3 Å². The van der Waals surface area contributed by atoms with Gasteiger partial charge in [-0.3, -0.25) is 9.59 Å². The summed E-state index contributed by atoms with van der Waals surface area (Å²) in [5.74, 6) is -0.611. The minimum absolute atomic E-state index is 0.0907. The van der Waals surface area contributed by atoms with Crippen molar-refractivity contribution in [3.63, 3.8) is 0 Å². The van der Waals surface area contributed by atoms with Crippen molar-refractivity contribution >= 4 is 54.8 Å². The third kappa shape index (κ3) is 4.64. The van der Waals surface area contributed by atoms with Gasteiger partial charge in [-0.05, 0) is 48.4 Å². The molecule has 172 valence electrons. The van der Waals surface area contributed by atoms with Crippen molar-refractivity contribution in [3.8, 4) is 0 Å². The van der Waals surface area contributed by atoms with Crippen LogP contribution in [0.25, 0.3) is 0 Å². The number of rotatable bonds is 6. The van der Waals surface area contributed by atoms with Gasteiger partial charge in [0, 0.05) is 35.4 Å². The first-order chi connectivity index (χ1) is 15.3. The molecule has 2 aromatic rings. The van der Waals surface area contributed by atoms with E-state index in [9.17, 15) is 18.0 Å². The number of benzene rings is 1. The van der Waals surface area contributed by atoms with Crippen LogP contribution in [0.1, 0.15) is 36.6 Å². The summed E-state index contributed by atoms with van der Waals surface area (Å²) >= 11 is 5.00. The topological polar surface area (TPSA) is 86.8 Å². The molecular formula is C22H26BrN3O4S2. The Kier molecular flexibility index (Phi) is 7.04. The van der Waals surface area contributed by atoms with E-state index in [1.54, 1.807) is 29.2 Å². The van der Waals surface area contributed by atoms with Crippen molar-refractivity contribution in [1.29, 1.82) is 0 Å². The van der Waals surface area contributed by atoms with Gasteiger partial charge < -0.3 is 10.2 Å². The number of sulfonamides is 1. The molecule has 1 atom stereocenters. The lowest BCUT2D eigenvalue weighted by molar-refractivity contribution is -0.126. The highest BCUT2D eigenvalue weighted by atomic mass is 79.9. The monoisotopic (exact) mass is 539 g/mol. The predicted molar refractivity (Wildman–Crippen MR) is 128 cm³/mol. The number of anilines is 1. The van der Waals surface area contributed by atoms with Crippen LogP contribution in [0.5, 0.6) is 0 Å². The van der Waals surface area contributed by atoms with Gasteiger partial charge in [0.25, 0.3) is 0 Å². The van der Waals surface area contributed by atoms with Gasteiger partial charge in [-0.2, -0.15) is 4.31 Å². The second kappa shape index (κ2) is 9.62. The number of hydrogen-bond acceptors (Lipinski definition) is 5. The number of amides is 2. The molecule has 1 N–H and O–H groups in total. The van der Waals surface area contributed by atoms with E-state index < -0.39 is 15.9 Å². The van der Waals surface area contributed by atoms with Gasteiger partial charge in [0.2, 0.25) is 21.8 Å². The Bertz CT molecular complexity index is 1120. The van der Waals surface area contributed by atoms with Crippen molar-refractivity contribution in [2.24, 2.45) is 5.92 Å². The van der Waals surface area contributed by atoms with Crippen molar-refractivity contribution in [1.82, 2.24) is 9.62 Å². The molecule has 0 saturated carbocycles. The first-order valence-electron chi connectivity index (χ1n) is 10.7. The van der Waals surface area contributed by atoms with Crippen LogP contribution in [0, 0.1) is 5.92 Å². The molecule has 1 aromatic heterocycles. The van der Waals surface area contributed by atoms with Crippen molar-refractivity contribution in [2.75, 3.05) is 24.5 Å². The van der Waals surface area contributed by atoms with Crippen LogP contribution in [0.4, 0.5) is 5.69 Å². The lowest BCUT2D eigenvalue weighted by Gasteiger charge is -2.32. The second-order valence-electron chi connectivity index (χ2n) is 8.06. The zero-order valence-corrected chi connectivity index (χ0v) is 21.1. The SMILES string of the molecule is CCC(=O)N1CCc2cc(Br)cc(S(=O)(=O)N3CCCC(C(=O)NCc4cccs4)C3)c21. The van der Waals surface area contributed by atoms with Crippen LogP contribution in [-0.2, 0) is 32.6 Å². The number of fused-ring (bicyclic) bond motifs is 1. The van der Waals surface area contributed by atoms with Crippen LogP contribution < -0.4 is 10.2 Å². The van der Waals surface area contributed by atoms with E-state index in [-0.39, 0.29) is 23.3 Å². The number of piperidine rings is 1. The van der Waals surface area contributed by atoms with Gasteiger partial charge in [0.1, 0.15) is 4.90 Å². The Morgan fingerprint density at radius 2 is 2.09 bits per heavy atom. The molecule has 4 rings (SSSR count). The molecule has 2 aliphatic heterocycles. The molecule has 32 heavy (non-hydrogen) atoms. The quantitative estimate of drug-likeness (QED) is 0.608. The van der Waals surface area contributed by atoms with Crippen LogP contribution >= 0.6 is 27.3 Å². The highest BCUT2D eigenvalue weighted by Crippen LogP contribution is 2.39. The molecule has 3 heterocycles. The van der Waals surface area contributed by atoms with E-state index in [2.05, 4.69) is 21.2 Å². The van der Waals surface area contributed by atoms with Crippen LogP contribution in [0.15, 0.2) is 39.0 Å². The van der Waals surface area contributed by atoms with E-state index in [1.807, 2.05) is 23.6 Å². The molecule has 1 aromatic carbocycles. The fraction of sp³-hybridized carbons (Fsp3) is 0.455. The summed E-state index contributed by atoms with van der Waals surface area (Å²) in [7, 11) is -3.88. The fourth-order valence-electron chi connectivity index (χ4n) is 4.35. The number of carbonyl (C=O) groups is 2. The molecule has 0 spiro atoms. The minimum Gasteiger partial charge on any atom is -0.351 e. The average Bonchev–Trinajstić information content (AvgIpc) is 3.46. The molecule has 2 amide bonds. The maximum Gasteiger partial charge on any atom is 0.245 e. The maximum absolute atomic E-state index is 13.7. The fourth-order valence-corrected chi connectivity index (χ4v) is 7.44. The normalized spacial score (nSPS) is 19.1. The molecular weight excluding hydrogens is 514 g/mol. The number of hydrogen-bond donors (Lipinski definition) is 1. The van der Waals surface area contributed by atoms with Crippen LogP contribution in [0.3, 0.4) is 0 Å². The molecule has 1 saturated heterocycles. The Labute approximate surface area is 201 Å². The van der Waals surface area contributed by atoms with Crippen LogP contribution in [0.2, 0.25) is 0 Å². The van der Waals surface area contributed by atoms with Crippen molar-refractivity contribution < 1.29 is 18.0 Å². The number of nitrogens with zero attached hydrogens (tertiary/aromatic N) is 2. The molecule has 0 radical (unpaired) electrons. The molecule has 2 aliphatic rings. The summed E-state index contributed by atoms with van der Waals surface area (Å²) in [5, 5.41) is 4.89. The summed E-state index contributed by atoms with van der Waals surface area (Å²) in [4.78, 5) is 28.0. The van der Waals surface area contributed by atoms with Gasteiger partial charge in [-0.25, -0.2) is 8.42 Å². The Morgan fingerprint density at radius 3 is 2.81 bits per heavy atom. The number of halogens is 1. The lowest BCUT2D eigenvalue weighted by Crippen LogP contribution is -2.45. The van der Waals surface area contributed by atoms with Crippen molar-refractivity contribution in [2.45, 2.75) is 44.0 Å². The third-order valence-corrected chi connectivity index (χ3v) is 9.20. The number of nitrogens with one attached hydrogen (secondary N) is 1. The second-order valence-corrected chi connectivity index (χ2v) is 11.9. The van der Waals surface area contributed by atoms with E-state index >= 15 is 0 Å². The van der Waals surface area contributed by atoms with Gasteiger partial charge in [0.15, 0.2) is 0 Å². The lowest BCUT2D eigenvalue weighted by atomic mass is 9.99. The number of thiophene rings is 1. The zero-order chi connectivity index (χ0) is 22.9. The van der Waals surface area contributed by atoms with Gasteiger partial charge >= 0.3 is 0 Å². The summed E-state index contributed by atoms with van der Waals surface area (Å²) in [6.45, 7) is 3.21. The Morgan fingerprint density at radius 1 is 1.28 bits per heavy atom.